The van der Waals surface area contributed by atoms with Crippen molar-refractivity contribution >= 4 is 64.4 Å². The third-order valence-corrected chi connectivity index (χ3v) is 22.5. The summed E-state index contributed by atoms with van der Waals surface area (Å²) in [6.07, 6.45) is 17.1. The second-order valence-corrected chi connectivity index (χ2v) is 30.4. The van der Waals surface area contributed by atoms with Crippen molar-refractivity contribution in [1.82, 2.24) is 55.7 Å². The fourth-order valence-corrected chi connectivity index (χ4v) is 17.0. The highest BCUT2D eigenvalue weighted by Gasteiger charge is 2.48. The lowest BCUT2D eigenvalue weighted by atomic mass is 9.71. The summed E-state index contributed by atoms with van der Waals surface area (Å²) in [6, 6.07) is 15.3. The molecule has 2 unspecified atom stereocenters. The van der Waals surface area contributed by atoms with E-state index in [9.17, 15) is 39.0 Å². The van der Waals surface area contributed by atoms with Crippen LogP contribution < -0.4 is 26.2 Å². The first kappa shape index (κ1) is 67.2. The van der Waals surface area contributed by atoms with Gasteiger partial charge in [0.25, 0.3) is 5.91 Å². The van der Waals surface area contributed by atoms with Crippen LogP contribution in [0.2, 0.25) is 0 Å². The number of benzene rings is 2. The predicted octanol–water partition coefficient (Wildman–Crippen LogP) is 9.70. The minimum Gasteiger partial charge on any atom is -0.476 e. The highest BCUT2D eigenvalue weighted by atomic mass is 32.2. The first-order valence-corrected chi connectivity index (χ1v) is 35.0. The Morgan fingerprint density at radius 2 is 1.66 bits per heavy atom. The van der Waals surface area contributed by atoms with Crippen molar-refractivity contribution in [1.29, 1.82) is 0 Å². The molecule has 0 spiro atoms. The van der Waals surface area contributed by atoms with Gasteiger partial charge in [-0.3, -0.25) is 38.9 Å². The Balaban J connectivity index is 0.637. The molecule has 5 aromatic rings. The van der Waals surface area contributed by atoms with E-state index in [0.29, 0.717) is 56.0 Å². The molecule has 2 aromatic carbocycles. The van der Waals surface area contributed by atoms with E-state index < -0.39 is 40.5 Å². The number of aliphatic hydroxyl groups excluding tert-OH is 1. The number of rotatable bonds is 21. The summed E-state index contributed by atoms with van der Waals surface area (Å²) in [5, 5.41) is 39.3. The highest BCUT2D eigenvalue weighted by Crippen LogP contribution is 2.48. The van der Waals surface area contributed by atoms with Gasteiger partial charge in [0.05, 0.1) is 40.0 Å². The van der Waals surface area contributed by atoms with Crippen LogP contribution in [0.1, 0.15) is 174 Å². The standard InChI is InChI=1S/C71H92N12O8S2/c1-45(48-22-24-50(25-23-48)62-46(2)72-44-92-62)74-65(88)56-39-51(84)41-82(56)66(89)63(68(4,5)6)76-59(85)20-15-21-60(86)80-37-35-79(36-38-80)33-16-32-71(30-11-9-12-31-71)43-83-47(3)54(40-73-83)52-26-27-58(75-61(52)67(90)91)81-34-28-49-17-14-18-53(55(49)42-81)64(87)77-70(8)78-69(7)29-13-10-19-57(69)93-70/h10,13-14,17-19,22-27,40,44-45,51,56,63,78,84H,9,11-12,15-16,20-21,28-39,41-43H2,1-8H3,(H,74,88)(H,76,85)(H,77,87)(H,90,91)/t45-,51+,56-,63+,69?,70?/m0/s1. The van der Waals surface area contributed by atoms with Gasteiger partial charge in [0, 0.05) is 98.9 Å². The van der Waals surface area contributed by atoms with Gasteiger partial charge in [-0.15, -0.1) is 11.3 Å². The van der Waals surface area contributed by atoms with Crippen molar-refractivity contribution in [2.75, 3.05) is 50.7 Å². The Morgan fingerprint density at radius 3 is 2.37 bits per heavy atom. The number of allylic oxidation sites excluding steroid dienone is 2. The Bertz CT molecular complexity index is 3670. The van der Waals surface area contributed by atoms with Crippen LogP contribution in [0.5, 0.6) is 0 Å². The number of likely N-dealkylation sites (tertiary alicyclic amines) is 1. The molecular weight excluding hydrogens is 1210 g/mol. The highest BCUT2D eigenvalue weighted by molar-refractivity contribution is 8.04. The lowest BCUT2D eigenvalue weighted by Gasteiger charge is -2.39. The number of amides is 5. The zero-order chi connectivity index (χ0) is 66.0. The van der Waals surface area contributed by atoms with Crippen molar-refractivity contribution in [3.63, 3.8) is 0 Å². The average molecular weight is 1310 g/mol. The van der Waals surface area contributed by atoms with E-state index in [1.54, 1.807) is 29.3 Å². The smallest absolute Gasteiger partial charge is 0.355 e. The first-order valence-electron chi connectivity index (χ1n) is 33.3. The molecule has 1 saturated carbocycles. The minimum absolute atomic E-state index is 0.00192. The van der Waals surface area contributed by atoms with Crippen molar-refractivity contribution in [2.24, 2.45) is 10.8 Å². The number of hydrogen-bond acceptors (Lipinski definition) is 15. The van der Waals surface area contributed by atoms with Crippen LogP contribution in [0.3, 0.4) is 0 Å². The molecule has 3 saturated heterocycles. The molecule has 0 bridgehead atoms. The summed E-state index contributed by atoms with van der Waals surface area (Å²) in [7, 11) is 0. The van der Waals surface area contributed by atoms with Crippen molar-refractivity contribution in [3.8, 4) is 21.6 Å². The van der Waals surface area contributed by atoms with Crippen LogP contribution in [-0.4, -0.2) is 155 Å². The number of fused-ring (bicyclic) bond motifs is 2. The van der Waals surface area contributed by atoms with E-state index in [-0.39, 0.29) is 72.1 Å². The molecule has 0 radical (unpaired) electrons. The van der Waals surface area contributed by atoms with Crippen molar-refractivity contribution in [2.45, 2.75) is 187 Å². The number of nitrogens with one attached hydrogen (secondary N) is 4. The number of piperazine rings is 1. The number of aromatic nitrogens is 4. The number of aromatic carboxylic acids is 1. The van der Waals surface area contributed by atoms with Gasteiger partial charge >= 0.3 is 5.97 Å². The SMILES string of the molecule is Cc1ncsc1-c1ccc([C@H](C)NC(=O)[C@@H]2C[C@@H](O)CN2C(=O)[C@@H](NC(=O)CCCC(=O)N2CCN(CCCC3(Cn4ncc(-c5ccc(N6CCc7cccc(C(=O)NC8(C)NC9(C)CC=CC=C9S8)c7C6)nc5C(=O)O)c4C)CCCCC3)CC2)C(C)(C)C)cc1. The van der Waals surface area contributed by atoms with Crippen LogP contribution in [0.4, 0.5) is 5.82 Å². The lowest BCUT2D eigenvalue weighted by molar-refractivity contribution is -0.144. The molecule has 3 aromatic heterocycles. The summed E-state index contributed by atoms with van der Waals surface area (Å²) in [5.41, 5.74) is 8.53. The molecule has 2 aliphatic carbocycles. The predicted molar refractivity (Wildman–Crippen MR) is 363 cm³/mol. The van der Waals surface area contributed by atoms with Crippen LogP contribution >= 0.6 is 23.1 Å². The maximum absolute atomic E-state index is 14.3. The third kappa shape index (κ3) is 15.1. The summed E-state index contributed by atoms with van der Waals surface area (Å²) < 4.78 is 2.07. The molecule has 6 atom stereocenters. The van der Waals surface area contributed by atoms with Crippen LogP contribution in [0, 0.1) is 24.7 Å². The van der Waals surface area contributed by atoms with Gasteiger partial charge in [-0.25, -0.2) is 14.8 Å². The second kappa shape index (κ2) is 28.0. The number of carbonyl (C=O) groups is 6. The molecular formula is C71H92N12O8S2. The monoisotopic (exact) mass is 1300 g/mol. The molecule has 6 aliphatic rings. The number of carboxylic acids is 1. The van der Waals surface area contributed by atoms with E-state index in [1.807, 2.05) is 107 Å². The Kier molecular flexibility index (Phi) is 20.2. The quantitative estimate of drug-likeness (QED) is 0.0400. The number of hydrogen-bond donors (Lipinski definition) is 6. The number of β-amino-alcohol motifs (C(OH)–C–C–N with tert-alkyl or cyclic N) is 1. The van der Waals surface area contributed by atoms with Gasteiger partial charge in [-0.1, -0.05) is 106 Å². The average Bonchev–Trinajstić information content (AvgIpc) is 1.69. The van der Waals surface area contributed by atoms with Crippen molar-refractivity contribution < 1.29 is 39.0 Å². The number of thiazole rings is 1. The molecule has 93 heavy (non-hydrogen) atoms. The van der Waals surface area contributed by atoms with E-state index in [4.69, 9.17) is 10.1 Å². The van der Waals surface area contributed by atoms with E-state index >= 15 is 0 Å². The molecule has 4 fully saturated rings. The number of nitrogens with zero attached hydrogens (tertiary/aromatic N) is 8. The maximum Gasteiger partial charge on any atom is 0.355 e. The van der Waals surface area contributed by atoms with E-state index in [1.165, 1.54) is 16.2 Å². The molecule has 7 heterocycles. The van der Waals surface area contributed by atoms with E-state index in [2.05, 4.69) is 72.0 Å². The summed E-state index contributed by atoms with van der Waals surface area (Å²) in [5.74, 6) is -1.89. The Morgan fingerprint density at radius 1 is 0.892 bits per heavy atom. The molecule has 4 aliphatic heterocycles. The fraction of sp³-hybridized carbons (Fsp3) is 0.535. The van der Waals surface area contributed by atoms with Crippen molar-refractivity contribution in [3.05, 3.63) is 129 Å². The van der Waals surface area contributed by atoms with E-state index in [0.717, 1.165) is 115 Å². The van der Waals surface area contributed by atoms with Crippen LogP contribution in [0.15, 0.2) is 89.4 Å². The Labute approximate surface area is 554 Å². The normalized spacial score (nSPS) is 22.8. The molecule has 6 N–H and O–H groups in total. The Hall–Kier alpha value is -7.24. The number of aliphatic hydroxyl groups is 1. The van der Waals surface area contributed by atoms with Gasteiger partial charge in [0.1, 0.15) is 22.9 Å². The lowest BCUT2D eigenvalue weighted by Crippen LogP contribution is -2.57. The van der Waals surface area contributed by atoms with Gasteiger partial charge in [0.2, 0.25) is 23.6 Å². The first-order chi connectivity index (χ1) is 44.4. The van der Waals surface area contributed by atoms with Gasteiger partial charge in [0.15, 0.2) is 5.69 Å². The molecule has 496 valence electrons. The molecule has 20 nitrogen and oxygen atoms in total. The number of carbonyl (C=O) groups excluding carboxylic acids is 5. The summed E-state index contributed by atoms with van der Waals surface area (Å²) in [4.78, 5) is 101. The van der Waals surface area contributed by atoms with Gasteiger partial charge in [-0.05, 0) is 137 Å². The van der Waals surface area contributed by atoms with Gasteiger partial charge in [-0.2, -0.15) is 5.10 Å². The molecule has 5 amide bonds. The number of thioether (sulfide) groups is 1. The number of pyridine rings is 1. The number of carboxylic acid groups (broad SMARTS) is 1. The number of aryl methyl sites for hydroxylation is 1. The van der Waals surface area contributed by atoms with Crippen LogP contribution in [-0.2, 0) is 38.7 Å². The summed E-state index contributed by atoms with van der Waals surface area (Å²) >= 11 is 3.21. The molecule has 11 rings (SSSR count). The fourth-order valence-electron chi connectivity index (χ4n) is 14.8. The zero-order valence-electron chi connectivity index (χ0n) is 55.2. The molecule has 22 heteroatoms. The topological polar surface area (TPSA) is 248 Å². The van der Waals surface area contributed by atoms with Gasteiger partial charge < -0.3 is 40.9 Å². The maximum atomic E-state index is 14.3. The van der Waals surface area contributed by atoms with Crippen LogP contribution in [0.25, 0.3) is 21.6 Å². The summed E-state index contributed by atoms with van der Waals surface area (Å²) in [6.45, 7) is 21.0. The minimum atomic E-state index is -1.12. The second-order valence-electron chi connectivity index (χ2n) is 28.1. The largest absolute Gasteiger partial charge is 0.476 e. The third-order valence-electron chi connectivity index (χ3n) is 20.1. The number of anilines is 1. The zero-order valence-corrected chi connectivity index (χ0v) is 56.8.